The minimum atomic E-state index is -0.376. The summed E-state index contributed by atoms with van der Waals surface area (Å²) >= 11 is 0. The normalized spacial score (nSPS) is 39.3. The summed E-state index contributed by atoms with van der Waals surface area (Å²) in [4.78, 5) is 11.9. The SMILES string of the molecule is O=C1CCC2(OCCO2)[C@H]2CCCC[C@H]12. The Morgan fingerprint density at radius 3 is 2.67 bits per heavy atom. The summed E-state index contributed by atoms with van der Waals surface area (Å²) in [6.45, 7) is 1.41. The molecular formula is C12H18O3. The molecule has 2 atom stereocenters. The first-order chi connectivity index (χ1) is 7.32. The predicted octanol–water partition coefficient (Wildman–Crippen LogP) is 1.90. The highest BCUT2D eigenvalue weighted by Gasteiger charge is 2.53. The van der Waals surface area contributed by atoms with Crippen LogP contribution in [0.4, 0.5) is 0 Å². The average Bonchev–Trinajstić information content (AvgIpc) is 2.74. The van der Waals surface area contributed by atoms with Gasteiger partial charge in [-0.1, -0.05) is 12.8 Å². The molecule has 3 heteroatoms. The molecule has 0 aromatic rings. The van der Waals surface area contributed by atoms with Crippen LogP contribution in [0.2, 0.25) is 0 Å². The molecule has 0 N–H and O–H groups in total. The van der Waals surface area contributed by atoms with Crippen molar-refractivity contribution in [2.75, 3.05) is 13.2 Å². The molecule has 1 aliphatic heterocycles. The summed E-state index contributed by atoms with van der Waals surface area (Å²) in [5, 5.41) is 0. The zero-order valence-corrected chi connectivity index (χ0v) is 9.04. The first-order valence-corrected chi connectivity index (χ1v) is 6.12. The smallest absolute Gasteiger partial charge is 0.172 e. The molecule has 3 rings (SSSR count). The Labute approximate surface area is 90.1 Å². The molecule has 0 bridgehead atoms. The second-order valence-electron chi connectivity index (χ2n) is 4.97. The van der Waals surface area contributed by atoms with Crippen molar-refractivity contribution in [3.05, 3.63) is 0 Å². The number of hydrogen-bond acceptors (Lipinski definition) is 3. The Hall–Kier alpha value is -0.410. The van der Waals surface area contributed by atoms with Crippen molar-refractivity contribution in [1.29, 1.82) is 0 Å². The van der Waals surface area contributed by atoms with Crippen molar-refractivity contribution in [1.82, 2.24) is 0 Å². The fourth-order valence-corrected chi connectivity index (χ4v) is 3.54. The summed E-state index contributed by atoms with van der Waals surface area (Å²) in [7, 11) is 0. The summed E-state index contributed by atoms with van der Waals surface area (Å²) in [5.74, 6) is 0.643. The number of hydrogen-bond donors (Lipinski definition) is 0. The van der Waals surface area contributed by atoms with Crippen LogP contribution in [-0.4, -0.2) is 24.8 Å². The number of ether oxygens (including phenoxy) is 2. The standard InChI is InChI=1S/C12H18O3/c13-11-5-6-12(14-7-8-15-12)10-4-2-1-3-9(10)11/h9-10H,1-8H2/t9-,10-/m0/s1. The van der Waals surface area contributed by atoms with Crippen LogP contribution >= 0.6 is 0 Å². The van der Waals surface area contributed by atoms with Gasteiger partial charge in [0, 0.05) is 24.7 Å². The van der Waals surface area contributed by atoms with Crippen molar-refractivity contribution < 1.29 is 14.3 Å². The molecule has 2 saturated carbocycles. The Morgan fingerprint density at radius 1 is 1.13 bits per heavy atom. The van der Waals surface area contributed by atoms with Gasteiger partial charge in [-0.15, -0.1) is 0 Å². The number of ketones is 1. The number of carbonyl (C=O) groups is 1. The lowest BCUT2D eigenvalue weighted by molar-refractivity contribution is -0.228. The topological polar surface area (TPSA) is 35.5 Å². The first kappa shape index (κ1) is 9.79. The lowest BCUT2D eigenvalue weighted by Crippen LogP contribution is -2.50. The van der Waals surface area contributed by atoms with Gasteiger partial charge in [0.2, 0.25) is 0 Å². The van der Waals surface area contributed by atoms with Gasteiger partial charge in [-0.3, -0.25) is 4.79 Å². The van der Waals surface area contributed by atoms with Gasteiger partial charge in [-0.05, 0) is 12.8 Å². The molecule has 15 heavy (non-hydrogen) atoms. The van der Waals surface area contributed by atoms with Gasteiger partial charge in [0.25, 0.3) is 0 Å². The van der Waals surface area contributed by atoms with E-state index < -0.39 is 0 Å². The van der Waals surface area contributed by atoms with E-state index in [1.54, 1.807) is 0 Å². The second kappa shape index (κ2) is 3.56. The highest BCUT2D eigenvalue weighted by Crippen LogP contribution is 2.48. The van der Waals surface area contributed by atoms with Crippen LogP contribution in [0.15, 0.2) is 0 Å². The molecule has 1 heterocycles. The fourth-order valence-electron chi connectivity index (χ4n) is 3.54. The zero-order valence-electron chi connectivity index (χ0n) is 9.04. The monoisotopic (exact) mass is 210 g/mol. The maximum absolute atomic E-state index is 11.9. The van der Waals surface area contributed by atoms with Gasteiger partial charge in [0.15, 0.2) is 5.79 Å². The third-order valence-corrected chi connectivity index (χ3v) is 4.24. The van der Waals surface area contributed by atoms with E-state index in [0.29, 0.717) is 31.3 Å². The van der Waals surface area contributed by atoms with E-state index in [2.05, 4.69) is 0 Å². The molecule has 3 fully saturated rings. The quantitative estimate of drug-likeness (QED) is 0.612. The predicted molar refractivity (Wildman–Crippen MR) is 54.3 cm³/mol. The van der Waals surface area contributed by atoms with Crippen molar-refractivity contribution in [3.63, 3.8) is 0 Å². The molecule has 0 unspecified atom stereocenters. The van der Waals surface area contributed by atoms with Crippen molar-refractivity contribution in [2.24, 2.45) is 11.8 Å². The Kier molecular flexibility index (Phi) is 2.33. The lowest BCUT2D eigenvalue weighted by Gasteiger charge is -2.45. The lowest BCUT2D eigenvalue weighted by atomic mass is 9.67. The van der Waals surface area contributed by atoms with Gasteiger partial charge in [0.1, 0.15) is 5.78 Å². The number of carbonyl (C=O) groups excluding carboxylic acids is 1. The van der Waals surface area contributed by atoms with Gasteiger partial charge in [-0.2, -0.15) is 0 Å². The van der Waals surface area contributed by atoms with Gasteiger partial charge in [-0.25, -0.2) is 0 Å². The van der Waals surface area contributed by atoms with E-state index in [1.807, 2.05) is 0 Å². The van der Waals surface area contributed by atoms with E-state index in [1.165, 1.54) is 12.8 Å². The minimum Gasteiger partial charge on any atom is -0.347 e. The molecule has 0 aromatic carbocycles. The molecule has 1 spiro atoms. The molecular weight excluding hydrogens is 192 g/mol. The highest BCUT2D eigenvalue weighted by atomic mass is 16.7. The van der Waals surface area contributed by atoms with E-state index in [9.17, 15) is 4.79 Å². The first-order valence-electron chi connectivity index (χ1n) is 6.12. The average molecular weight is 210 g/mol. The molecule has 0 aromatic heterocycles. The van der Waals surface area contributed by atoms with Crippen molar-refractivity contribution in [2.45, 2.75) is 44.3 Å². The number of fused-ring (bicyclic) bond motifs is 2. The second-order valence-corrected chi connectivity index (χ2v) is 4.97. The maximum Gasteiger partial charge on any atom is 0.172 e. The molecule has 3 nitrogen and oxygen atoms in total. The van der Waals surface area contributed by atoms with E-state index >= 15 is 0 Å². The van der Waals surface area contributed by atoms with Crippen LogP contribution in [-0.2, 0) is 14.3 Å². The van der Waals surface area contributed by atoms with E-state index in [-0.39, 0.29) is 11.7 Å². The van der Waals surface area contributed by atoms with Crippen LogP contribution in [0.3, 0.4) is 0 Å². The molecule has 2 aliphatic carbocycles. The zero-order chi connectivity index (χ0) is 10.3. The van der Waals surface area contributed by atoms with Crippen LogP contribution in [0.1, 0.15) is 38.5 Å². The Morgan fingerprint density at radius 2 is 1.87 bits per heavy atom. The summed E-state index contributed by atoms with van der Waals surface area (Å²) in [6, 6.07) is 0. The van der Waals surface area contributed by atoms with Crippen molar-refractivity contribution >= 4 is 5.78 Å². The van der Waals surface area contributed by atoms with Gasteiger partial charge in [0.05, 0.1) is 13.2 Å². The molecule has 3 aliphatic rings. The number of rotatable bonds is 0. The Balaban J connectivity index is 1.87. The largest absolute Gasteiger partial charge is 0.347 e. The molecule has 84 valence electrons. The van der Waals surface area contributed by atoms with Crippen LogP contribution in [0.5, 0.6) is 0 Å². The molecule has 0 radical (unpaired) electrons. The van der Waals surface area contributed by atoms with Crippen LogP contribution < -0.4 is 0 Å². The van der Waals surface area contributed by atoms with Crippen LogP contribution in [0, 0.1) is 11.8 Å². The van der Waals surface area contributed by atoms with E-state index in [0.717, 1.165) is 19.3 Å². The fraction of sp³-hybridized carbons (Fsp3) is 0.917. The highest BCUT2D eigenvalue weighted by molar-refractivity contribution is 5.82. The summed E-state index contributed by atoms with van der Waals surface area (Å²) in [6.07, 6.45) is 6.02. The maximum atomic E-state index is 11.9. The minimum absolute atomic E-state index is 0.227. The third-order valence-electron chi connectivity index (χ3n) is 4.24. The van der Waals surface area contributed by atoms with Gasteiger partial charge < -0.3 is 9.47 Å². The van der Waals surface area contributed by atoms with Crippen molar-refractivity contribution in [3.8, 4) is 0 Å². The Bertz CT molecular complexity index is 268. The van der Waals surface area contributed by atoms with Gasteiger partial charge >= 0.3 is 0 Å². The summed E-state index contributed by atoms with van der Waals surface area (Å²) < 4.78 is 11.6. The third kappa shape index (κ3) is 1.44. The van der Waals surface area contributed by atoms with E-state index in [4.69, 9.17) is 9.47 Å². The van der Waals surface area contributed by atoms with Crippen LogP contribution in [0.25, 0.3) is 0 Å². The molecule has 0 amide bonds. The molecule has 1 saturated heterocycles. The summed E-state index contributed by atoms with van der Waals surface area (Å²) in [5.41, 5.74) is 0. The number of Topliss-reactive ketones (excluding diaryl/α,β-unsaturated/α-hetero) is 1.